The fourth-order valence-corrected chi connectivity index (χ4v) is 3.40. The second kappa shape index (κ2) is 4.20. The van der Waals surface area contributed by atoms with Gasteiger partial charge in [-0.25, -0.2) is 9.97 Å². The van der Waals surface area contributed by atoms with E-state index in [0.717, 1.165) is 22.6 Å². The van der Waals surface area contributed by atoms with Crippen molar-refractivity contribution in [3.8, 4) is 0 Å². The van der Waals surface area contributed by atoms with Gasteiger partial charge in [0, 0.05) is 12.6 Å². The zero-order valence-corrected chi connectivity index (χ0v) is 10.7. The summed E-state index contributed by atoms with van der Waals surface area (Å²) in [6.07, 6.45) is 2.22. The second-order valence-electron chi connectivity index (χ2n) is 4.50. The van der Waals surface area contributed by atoms with E-state index in [2.05, 4.69) is 14.9 Å². The van der Waals surface area contributed by atoms with Crippen molar-refractivity contribution < 1.29 is 9.90 Å². The molecule has 0 amide bonds. The molecule has 0 aliphatic carbocycles. The van der Waals surface area contributed by atoms with Crippen LogP contribution in [-0.4, -0.2) is 33.6 Å². The Morgan fingerprint density at radius 3 is 3.11 bits per heavy atom. The van der Waals surface area contributed by atoms with Crippen LogP contribution in [0, 0.1) is 5.92 Å². The van der Waals surface area contributed by atoms with E-state index in [1.165, 1.54) is 0 Å². The van der Waals surface area contributed by atoms with Crippen molar-refractivity contribution in [2.45, 2.75) is 19.4 Å². The lowest BCUT2D eigenvalue weighted by atomic mass is 10.0. The molecular formula is C12H13N3O2S. The Balaban J connectivity index is 2.01. The summed E-state index contributed by atoms with van der Waals surface area (Å²) in [6.45, 7) is 2.69. The van der Waals surface area contributed by atoms with Gasteiger partial charge in [0.25, 0.3) is 0 Å². The molecule has 0 aromatic carbocycles. The Bertz CT molecular complexity index is 598. The van der Waals surface area contributed by atoms with Crippen molar-refractivity contribution in [2.75, 3.05) is 11.4 Å². The summed E-state index contributed by atoms with van der Waals surface area (Å²) in [5, 5.41) is 11.1. The fraction of sp³-hybridized carbons (Fsp3) is 0.417. The van der Waals surface area contributed by atoms with E-state index in [-0.39, 0.29) is 12.0 Å². The Hall–Kier alpha value is -1.69. The number of carbonyl (C=O) groups is 1. The predicted octanol–water partition coefficient (Wildman–Crippen LogP) is 1.99. The van der Waals surface area contributed by atoms with E-state index < -0.39 is 5.97 Å². The molecule has 0 saturated carbocycles. The van der Waals surface area contributed by atoms with Gasteiger partial charge in [-0.1, -0.05) is 0 Å². The molecule has 2 unspecified atom stereocenters. The molecule has 5 nitrogen and oxygen atoms in total. The maximum absolute atomic E-state index is 11.1. The highest BCUT2D eigenvalue weighted by Gasteiger charge is 2.37. The number of thiophene rings is 1. The lowest BCUT2D eigenvalue weighted by Gasteiger charge is -2.24. The first kappa shape index (κ1) is 11.4. The number of hydrogen-bond donors (Lipinski definition) is 1. The van der Waals surface area contributed by atoms with E-state index in [9.17, 15) is 4.79 Å². The molecule has 94 valence electrons. The Kier molecular flexibility index (Phi) is 2.66. The predicted molar refractivity (Wildman–Crippen MR) is 70.0 cm³/mol. The largest absolute Gasteiger partial charge is 0.481 e. The third-order valence-electron chi connectivity index (χ3n) is 3.57. The number of carboxylic acid groups (broad SMARTS) is 1. The zero-order chi connectivity index (χ0) is 12.7. The van der Waals surface area contributed by atoms with Gasteiger partial charge in [-0.15, -0.1) is 11.3 Å². The highest BCUT2D eigenvalue weighted by atomic mass is 32.1. The van der Waals surface area contributed by atoms with Gasteiger partial charge in [-0.3, -0.25) is 4.79 Å². The lowest BCUT2D eigenvalue weighted by molar-refractivity contribution is -0.141. The molecule has 0 radical (unpaired) electrons. The molecule has 1 aliphatic rings. The molecule has 0 bridgehead atoms. The van der Waals surface area contributed by atoms with Crippen LogP contribution in [0.5, 0.6) is 0 Å². The molecular weight excluding hydrogens is 250 g/mol. The minimum absolute atomic E-state index is 0.0253. The second-order valence-corrected chi connectivity index (χ2v) is 5.42. The Morgan fingerprint density at radius 2 is 2.39 bits per heavy atom. The topological polar surface area (TPSA) is 66.3 Å². The van der Waals surface area contributed by atoms with Gasteiger partial charge >= 0.3 is 5.97 Å². The fourth-order valence-electron chi connectivity index (χ4n) is 2.55. The average molecular weight is 263 g/mol. The molecule has 2 atom stereocenters. The van der Waals surface area contributed by atoms with Gasteiger partial charge in [-0.05, 0) is 24.8 Å². The molecule has 1 N–H and O–H groups in total. The van der Waals surface area contributed by atoms with Crippen LogP contribution < -0.4 is 4.90 Å². The molecule has 1 saturated heterocycles. The molecule has 1 fully saturated rings. The van der Waals surface area contributed by atoms with E-state index in [1.54, 1.807) is 17.7 Å². The van der Waals surface area contributed by atoms with Crippen LogP contribution in [-0.2, 0) is 4.79 Å². The minimum Gasteiger partial charge on any atom is -0.481 e. The van der Waals surface area contributed by atoms with Crippen molar-refractivity contribution in [3.63, 3.8) is 0 Å². The summed E-state index contributed by atoms with van der Waals surface area (Å²) in [4.78, 5) is 21.8. The maximum atomic E-state index is 11.1. The monoisotopic (exact) mass is 263 g/mol. The molecule has 1 aliphatic heterocycles. The number of hydrogen-bond acceptors (Lipinski definition) is 5. The van der Waals surface area contributed by atoms with E-state index in [4.69, 9.17) is 5.11 Å². The number of nitrogens with zero attached hydrogens (tertiary/aromatic N) is 3. The van der Waals surface area contributed by atoms with Crippen LogP contribution in [0.2, 0.25) is 0 Å². The lowest BCUT2D eigenvalue weighted by Crippen LogP contribution is -2.33. The summed E-state index contributed by atoms with van der Waals surface area (Å²) in [6, 6.07) is 1.93. The third kappa shape index (κ3) is 1.64. The SMILES string of the molecule is CC1C(C(=O)O)CCN1c1ncnc2ccsc12. The van der Waals surface area contributed by atoms with Crippen LogP contribution in [0.15, 0.2) is 17.8 Å². The van der Waals surface area contributed by atoms with Crippen molar-refractivity contribution in [2.24, 2.45) is 5.92 Å². The van der Waals surface area contributed by atoms with Gasteiger partial charge in [0.1, 0.15) is 12.1 Å². The van der Waals surface area contributed by atoms with Crippen molar-refractivity contribution in [1.29, 1.82) is 0 Å². The summed E-state index contributed by atoms with van der Waals surface area (Å²) in [5.41, 5.74) is 0.927. The van der Waals surface area contributed by atoms with Gasteiger partial charge in [0.05, 0.1) is 16.1 Å². The van der Waals surface area contributed by atoms with Crippen molar-refractivity contribution >= 4 is 33.3 Å². The van der Waals surface area contributed by atoms with Crippen LogP contribution in [0.25, 0.3) is 10.2 Å². The van der Waals surface area contributed by atoms with E-state index in [0.29, 0.717) is 6.42 Å². The molecule has 2 aromatic rings. The quantitative estimate of drug-likeness (QED) is 0.897. The molecule has 0 spiro atoms. The summed E-state index contributed by atoms with van der Waals surface area (Å²) >= 11 is 1.60. The number of aromatic nitrogens is 2. The first-order valence-corrected chi connectivity index (χ1v) is 6.74. The zero-order valence-electron chi connectivity index (χ0n) is 9.91. The highest BCUT2D eigenvalue weighted by Crippen LogP contribution is 2.34. The Labute approximate surface area is 108 Å². The first-order chi connectivity index (χ1) is 8.68. The molecule has 6 heteroatoms. The molecule has 18 heavy (non-hydrogen) atoms. The number of carboxylic acids is 1. The van der Waals surface area contributed by atoms with Crippen LogP contribution in [0.1, 0.15) is 13.3 Å². The molecule has 3 heterocycles. The van der Waals surface area contributed by atoms with E-state index in [1.807, 2.05) is 18.4 Å². The van der Waals surface area contributed by atoms with Gasteiger partial charge < -0.3 is 10.0 Å². The van der Waals surface area contributed by atoms with Gasteiger partial charge in [-0.2, -0.15) is 0 Å². The first-order valence-electron chi connectivity index (χ1n) is 5.86. The van der Waals surface area contributed by atoms with E-state index >= 15 is 0 Å². The summed E-state index contributed by atoms with van der Waals surface area (Å²) < 4.78 is 1.04. The average Bonchev–Trinajstić information content (AvgIpc) is 2.94. The number of fused-ring (bicyclic) bond motifs is 1. The number of aliphatic carboxylic acids is 1. The van der Waals surface area contributed by atoms with Crippen molar-refractivity contribution in [3.05, 3.63) is 17.8 Å². The molecule has 2 aromatic heterocycles. The minimum atomic E-state index is -0.721. The third-order valence-corrected chi connectivity index (χ3v) is 4.47. The highest BCUT2D eigenvalue weighted by molar-refractivity contribution is 7.17. The van der Waals surface area contributed by atoms with Crippen molar-refractivity contribution in [1.82, 2.24) is 9.97 Å². The van der Waals surface area contributed by atoms with Crippen LogP contribution in [0.3, 0.4) is 0 Å². The smallest absolute Gasteiger partial charge is 0.308 e. The van der Waals surface area contributed by atoms with Crippen LogP contribution in [0.4, 0.5) is 5.82 Å². The van der Waals surface area contributed by atoms with Crippen LogP contribution >= 0.6 is 11.3 Å². The number of rotatable bonds is 2. The van der Waals surface area contributed by atoms with Gasteiger partial charge in [0.15, 0.2) is 0 Å². The normalized spacial score (nSPS) is 23.7. The molecule has 3 rings (SSSR count). The number of anilines is 1. The summed E-state index contributed by atoms with van der Waals surface area (Å²) in [5.74, 6) is -0.164. The standard InChI is InChI=1S/C12H13N3O2S/c1-7-8(12(16)17)2-4-15(7)11-10-9(3-5-18-10)13-6-14-11/h3,5-8H,2,4H2,1H3,(H,16,17). The summed E-state index contributed by atoms with van der Waals surface area (Å²) in [7, 11) is 0. The maximum Gasteiger partial charge on any atom is 0.308 e. The van der Waals surface area contributed by atoms with Gasteiger partial charge in [0.2, 0.25) is 0 Å². The Morgan fingerprint density at radius 1 is 1.56 bits per heavy atom.